The number of anilines is 3. The lowest BCUT2D eigenvalue weighted by Gasteiger charge is -2.58. The first-order valence-corrected chi connectivity index (χ1v) is 20.9. The third-order valence-corrected chi connectivity index (χ3v) is 12.9. The first-order valence-electron chi connectivity index (χ1n) is 16.6. The van der Waals surface area contributed by atoms with Gasteiger partial charge in [0.15, 0.2) is 0 Å². The molecule has 3 aromatic rings. The van der Waals surface area contributed by atoms with E-state index in [2.05, 4.69) is 27.4 Å². The minimum absolute atomic E-state index is 0.0521. The largest absolute Gasteiger partial charge is 0.399 e. The fourth-order valence-electron chi connectivity index (χ4n) is 8.04. The van der Waals surface area contributed by atoms with Gasteiger partial charge in [0, 0.05) is 54.2 Å². The summed E-state index contributed by atoms with van der Waals surface area (Å²) in [6, 6.07) is 16.7. The minimum atomic E-state index is -4.56. The van der Waals surface area contributed by atoms with Gasteiger partial charge < -0.3 is 21.3 Å². The molecule has 3 fully saturated rings. The van der Waals surface area contributed by atoms with E-state index in [1.807, 2.05) is 6.07 Å². The van der Waals surface area contributed by atoms with Crippen molar-refractivity contribution in [2.45, 2.75) is 103 Å². The smallest absolute Gasteiger partial charge is 0.296 e. The molecular formula is C33H43N5O9S3. The van der Waals surface area contributed by atoms with Crippen LogP contribution < -0.4 is 21.3 Å². The van der Waals surface area contributed by atoms with E-state index in [0.29, 0.717) is 25.1 Å². The SMILES string of the molecule is CCN(Cc1ccc(S(=O)(=O)O)cc1)C1CCC2NC3CCC(Nc4ccc(N)cc4S(=O)(=O)O)CC3N(c3cccc(S(=O)(=O)O)c3)C2C1. The summed E-state index contributed by atoms with van der Waals surface area (Å²) in [6.07, 6.45) is 4.52. The van der Waals surface area contributed by atoms with E-state index in [1.54, 1.807) is 24.3 Å². The topological polar surface area (TPSA) is 220 Å². The molecular weight excluding hydrogens is 707 g/mol. The Kier molecular flexibility index (Phi) is 10.2. The fourth-order valence-corrected chi connectivity index (χ4v) is 9.73. The van der Waals surface area contributed by atoms with E-state index >= 15 is 0 Å². The summed E-state index contributed by atoms with van der Waals surface area (Å²) in [6.45, 7) is 3.35. The number of nitrogens with two attached hydrogens (primary N) is 1. The molecule has 0 spiro atoms. The van der Waals surface area contributed by atoms with E-state index in [4.69, 9.17) is 5.73 Å². The van der Waals surface area contributed by atoms with E-state index in [0.717, 1.165) is 37.8 Å². The lowest BCUT2D eigenvalue weighted by Crippen LogP contribution is -2.71. The first-order chi connectivity index (χ1) is 23.5. The van der Waals surface area contributed by atoms with E-state index in [9.17, 15) is 38.9 Å². The predicted molar refractivity (Wildman–Crippen MR) is 189 cm³/mol. The van der Waals surface area contributed by atoms with Crippen molar-refractivity contribution in [2.75, 3.05) is 22.5 Å². The van der Waals surface area contributed by atoms with Crippen LogP contribution in [0.5, 0.6) is 0 Å². The molecule has 6 rings (SSSR count). The molecule has 6 atom stereocenters. The standard InChI is InChI=1S/C33H43N5O9S3/c1-2-37(20-21-6-11-26(12-7-21)48(39,40)41)24-10-15-29-32(19-24)38(25-4-3-5-27(18-25)49(42,43)44)31-17-23(9-14-28(31)36-29)35-30-13-8-22(34)16-33(30)50(45,46)47/h3-8,11-13,16,18,23-24,28-29,31-32,35-36H,2,9-10,14-15,17,19-20,34H2,1H3,(H,39,40,41)(H,42,43,44)(H,45,46,47). The Morgan fingerprint density at radius 1 is 0.800 bits per heavy atom. The zero-order valence-corrected chi connectivity index (χ0v) is 29.9. The van der Waals surface area contributed by atoms with Crippen LogP contribution >= 0.6 is 0 Å². The summed E-state index contributed by atoms with van der Waals surface area (Å²) in [7, 11) is -13.3. The summed E-state index contributed by atoms with van der Waals surface area (Å²) in [5.74, 6) is 0. The molecule has 0 aromatic heterocycles. The molecule has 1 saturated heterocycles. The van der Waals surface area contributed by atoms with E-state index < -0.39 is 30.4 Å². The van der Waals surface area contributed by atoms with Crippen LogP contribution in [0.1, 0.15) is 51.0 Å². The van der Waals surface area contributed by atoms with Crippen molar-refractivity contribution in [3.8, 4) is 0 Å². The maximum Gasteiger partial charge on any atom is 0.296 e. The number of hydrogen-bond donors (Lipinski definition) is 6. The Morgan fingerprint density at radius 2 is 1.46 bits per heavy atom. The van der Waals surface area contributed by atoms with Gasteiger partial charge >= 0.3 is 0 Å². The van der Waals surface area contributed by atoms with Crippen molar-refractivity contribution in [3.63, 3.8) is 0 Å². The zero-order valence-electron chi connectivity index (χ0n) is 27.5. The Bertz CT molecular complexity index is 2050. The van der Waals surface area contributed by atoms with Crippen LogP contribution in [0, 0.1) is 0 Å². The van der Waals surface area contributed by atoms with Crippen LogP contribution in [0.15, 0.2) is 81.4 Å². The molecule has 3 aromatic carbocycles. The molecule has 50 heavy (non-hydrogen) atoms. The van der Waals surface area contributed by atoms with Crippen LogP contribution in [0.4, 0.5) is 17.1 Å². The summed E-state index contributed by atoms with van der Waals surface area (Å²) in [5.41, 5.74) is 7.82. The maximum absolute atomic E-state index is 12.2. The summed E-state index contributed by atoms with van der Waals surface area (Å²) >= 11 is 0. The van der Waals surface area contributed by atoms with Gasteiger partial charge in [0.05, 0.1) is 15.5 Å². The summed E-state index contributed by atoms with van der Waals surface area (Å²) in [4.78, 5) is 3.94. The normalized spacial score (nSPS) is 25.9. The number of nitrogen functional groups attached to an aromatic ring is 1. The second kappa shape index (κ2) is 14.0. The Balaban J connectivity index is 1.30. The average Bonchev–Trinajstić information content (AvgIpc) is 3.06. The van der Waals surface area contributed by atoms with Gasteiger partial charge in [-0.3, -0.25) is 18.6 Å². The number of hydrogen-bond acceptors (Lipinski definition) is 11. The second-order valence-electron chi connectivity index (χ2n) is 13.4. The number of benzene rings is 3. The van der Waals surface area contributed by atoms with Crippen molar-refractivity contribution in [2.24, 2.45) is 0 Å². The van der Waals surface area contributed by atoms with Gasteiger partial charge in [-0.1, -0.05) is 25.1 Å². The Hall–Kier alpha value is -3.29. The maximum atomic E-state index is 12.2. The lowest BCUT2D eigenvalue weighted by atomic mass is 9.76. The van der Waals surface area contributed by atoms with Gasteiger partial charge in [-0.15, -0.1) is 0 Å². The molecule has 1 aliphatic heterocycles. The molecule has 2 aliphatic carbocycles. The van der Waals surface area contributed by atoms with Gasteiger partial charge in [-0.05, 0) is 99.2 Å². The molecule has 14 nitrogen and oxygen atoms in total. The van der Waals surface area contributed by atoms with Crippen LogP contribution in [0.2, 0.25) is 0 Å². The highest BCUT2D eigenvalue weighted by Gasteiger charge is 2.48. The average molecular weight is 750 g/mol. The third-order valence-electron chi connectivity index (χ3n) is 10.3. The van der Waals surface area contributed by atoms with Crippen LogP contribution in [0.25, 0.3) is 0 Å². The van der Waals surface area contributed by atoms with Crippen molar-refractivity contribution in [1.29, 1.82) is 0 Å². The summed E-state index contributed by atoms with van der Waals surface area (Å²) in [5, 5.41) is 7.21. The molecule has 0 amide bonds. The number of nitrogens with zero attached hydrogens (tertiary/aromatic N) is 2. The number of nitrogens with one attached hydrogen (secondary N) is 2. The van der Waals surface area contributed by atoms with Gasteiger partial charge in [0.25, 0.3) is 30.4 Å². The van der Waals surface area contributed by atoms with Crippen molar-refractivity contribution >= 4 is 47.4 Å². The molecule has 0 radical (unpaired) electrons. The van der Waals surface area contributed by atoms with Gasteiger partial charge in [0.2, 0.25) is 0 Å². The number of piperazine rings is 1. The van der Waals surface area contributed by atoms with Gasteiger partial charge in [-0.25, -0.2) is 0 Å². The zero-order chi connectivity index (χ0) is 36.0. The Morgan fingerprint density at radius 3 is 2.10 bits per heavy atom. The van der Waals surface area contributed by atoms with Crippen molar-refractivity contribution in [3.05, 3.63) is 72.3 Å². The molecule has 3 aliphatic rings. The van der Waals surface area contributed by atoms with Gasteiger partial charge in [0.1, 0.15) is 4.90 Å². The quantitative estimate of drug-likeness (QED) is 0.129. The van der Waals surface area contributed by atoms with Crippen LogP contribution in [-0.4, -0.2) is 86.6 Å². The van der Waals surface area contributed by atoms with Crippen LogP contribution in [0.3, 0.4) is 0 Å². The number of rotatable bonds is 10. The van der Waals surface area contributed by atoms with Crippen LogP contribution in [-0.2, 0) is 36.9 Å². The van der Waals surface area contributed by atoms with Gasteiger partial charge in [-0.2, -0.15) is 25.3 Å². The fraction of sp³-hybridized carbons (Fsp3) is 0.455. The molecule has 1 heterocycles. The molecule has 272 valence electrons. The highest BCUT2D eigenvalue weighted by molar-refractivity contribution is 7.86. The van der Waals surface area contributed by atoms with E-state index in [1.165, 1.54) is 36.4 Å². The monoisotopic (exact) mass is 749 g/mol. The highest BCUT2D eigenvalue weighted by atomic mass is 32.2. The van der Waals surface area contributed by atoms with Crippen molar-refractivity contribution in [1.82, 2.24) is 10.2 Å². The second-order valence-corrected chi connectivity index (χ2v) is 17.7. The number of fused-ring (bicyclic) bond motifs is 2. The lowest BCUT2D eigenvalue weighted by molar-refractivity contribution is 0.0952. The predicted octanol–water partition coefficient (Wildman–Crippen LogP) is 3.63. The Labute approximate surface area is 293 Å². The molecule has 0 bridgehead atoms. The minimum Gasteiger partial charge on any atom is -0.399 e. The molecule has 2 saturated carbocycles. The summed E-state index contributed by atoms with van der Waals surface area (Å²) < 4.78 is 101. The third kappa shape index (κ3) is 7.94. The highest BCUT2D eigenvalue weighted by Crippen LogP contribution is 2.41. The van der Waals surface area contributed by atoms with Crippen molar-refractivity contribution < 1.29 is 38.9 Å². The first kappa shape index (κ1) is 36.5. The molecule has 6 unspecified atom stereocenters. The molecule has 7 N–H and O–H groups in total. The molecule has 17 heteroatoms. The van der Waals surface area contributed by atoms with E-state index in [-0.39, 0.29) is 62.3 Å².